The normalized spacial score (nSPS) is 14.9. The van der Waals surface area contributed by atoms with Gasteiger partial charge in [0.15, 0.2) is 0 Å². The first-order valence-electron chi connectivity index (χ1n) is 11.0. The average molecular weight is 491 g/mol. The van der Waals surface area contributed by atoms with E-state index in [0.717, 1.165) is 16.2 Å². The molecule has 0 saturated heterocycles. The molecule has 186 valence electrons. The summed E-state index contributed by atoms with van der Waals surface area (Å²) in [6.07, 6.45) is 0. The van der Waals surface area contributed by atoms with E-state index in [1.165, 1.54) is 19.1 Å². The number of anilines is 1. The zero-order valence-corrected chi connectivity index (χ0v) is 20.4. The van der Waals surface area contributed by atoms with Gasteiger partial charge in [-0.2, -0.15) is 0 Å². The number of carbonyl (C=O) groups is 3. The van der Waals surface area contributed by atoms with Crippen LogP contribution < -0.4 is 4.90 Å². The summed E-state index contributed by atoms with van der Waals surface area (Å²) in [5, 5.41) is 9.06. The van der Waals surface area contributed by atoms with Crippen LogP contribution in [0, 0.1) is 13.5 Å². The Morgan fingerprint density at radius 3 is 2.50 bits per heavy atom. The van der Waals surface area contributed by atoms with Gasteiger partial charge in [0.1, 0.15) is 18.9 Å². The number of hydrogen-bond donors (Lipinski definition) is 1. The highest BCUT2D eigenvalue weighted by molar-refractivity contribution is 6.51. The minimum absolute atomic E-state index is 0.0210. The van der Waals surface area contributed by atoms with Crippen molar-refractivity contribution in [3.05, 3.63) is 81.8 Å². The number of amides is 2. The smallest absolute Gasteiger partial charge is 0.335 e. The summed E-state index contributed by atoms with van der Waals surface area (Å²) >= 11 is 0. The number of carboxylic acid groups (broad SMARTS) is 1. The molecule has 36 heavy (non-hydrogen) atoms. The average Bonchev–Trinajstić information content (AvgIpc) is 2.84. The van der Waals surface area contributed by atoms with Crippen LogP contribution in [0.5, 0.6) is 0 Å². The van der Waals surface area contributed by atoms with E-state index in [2.05, 4.69) is 9.84 Å². The van der Waals surface area contributed by atoms with Gasteiger partial charge in [-0.15, -0.1) is 0 Å². The molecule has 0 radical (unpaired) electrons. The van der Waals surface area contributed by atoms with E-state index in [0.29, 0.717) is 11.3 Å². The van der Waals surface area contributed by atoms with E-state index >= 15 is 0 Å². The van der Waals surface area contributed by atoms with E-state index in [-0.39, 0.29) is 42.3 Å². The number of carboxylic acids is 1. The minimum atomic E-state index is -1.06. The first kappa shape index (κ1) is 26.3. The molecule has 10 nitrogen and oxygen atoms in total. The molecule has 1 N–H and O–H groups in total. The number of aryl methyl sites for hydroxylation is 1. The fraction of sp³-hybridized carbons (Fsp3) is 0.269. The third-order valence-corrected chi connectivity index (χ3v) is 5.53. The maximum atomic E-state index is 13.2. The zero-order chi connectivity index (χ0) is 26.4. The summed E-state index contributed by atoms with van der Waals surface area (Å²) in [5.41, 5.74) is 3.14. The van der Waals surface area contributed by atoms with Crippen LogP contribution in [0.1, 0.15) is 28.4 Å². The van der Waals surface area contributed by atoms with E-state index in [4.69, 9.17) is 21.5 Å². The van der Waals surface area contributed by atoms with E-state index < -0.39 is 17.8 Å². The molecule has 2 aromatic rings. The van der Waals surface area contributed by atoms with E-state index in [1.807, 2.05) is 38.1 Å². The highest BCUT2D eigenvalue weighted by atomic mass is 17.2. The van der Waals surface area contributed by atoms with Gasteiger partial charge in [0.05, 0.1) is 24.4 Å². The predicted octanol–water partition coefficient (Wildman–Crippen LogP) is 3.54. The summed E-state index contributed by atoms with van der Waals surface area (Å²) in [6, 6.07) is 11.8. The number of carbonyl (C=O) groups excluding carboxylic acids is 2. The van der Waals surface area contributed by atoms with Gasteiger partial charge in [0.2, 0.25) is 0 Å². The van der Waals surface area contributed by atoms with Crippen LogP contribution in [0.4, 0.5) is 11.4 Å². The zero-order valence-electron chi connectivity index (χ0n) is 20.4. The number of rotatable bonds is 9. The second kappa shape index (κ2) is 11.4. The van der Waals surface area contributed by atoms with Gasteiger partial charge < -0.3 is 10.0 Å². The number of aliphatic imine (C=N–C) groups is 1. The molecular weight excluding hydrogens is 464 g/mol. The Morgan fingerprint density at radius 1 is 1.11 bits per heavy atom. The van der Waals surface area contributed by atoms with Crippen molar-refractivity contribution in [3.8, 4) is 0 Å². The summed E-state index contributed by atoms with van der Waals surface area (Å²) in [6.45, 7) is 10.5. The third kappa shape index (κ3) is 5.83. The molecule has 3 rings (SSSR count). The fourth-order valence-electron chi connectivity index (χ4n) is 3.50. The molecule has 0 bridgehead atoms. The van der Waals surface area contributed by atoms with E-state index in [9.17, 15) is 14.4 Å². The molecule has 0 spiro atoms. The Kier molecular flexibility index (Phi) is 8.32. The van der Waals surface area contributed by atoms with Gasteiger partial charge in [-0.25, -0.2) is 24.4 Å². The molecule has 0 atom stereocenters. The molecule has 0 aromatic heterocycles. The van der Waals surface area contributed by atoms with Gasteiger partial charge in [-0.05, 0) is 60.9 Å². The maximum Gasteiger partial charge on any atom is 0.335 e. The maximum absolute atomic E-state index is 13.2. The Hall–Kier alpha value is -4.33. The van der Waals surface area contributed by atoms with Gasteiger partial charge in [-0.1, -0.05) is 12.1 Å². The molecule has 2 amide bonds. The summed E-state index contributed by atoms with van der Waals surface area (Å²) < 4.78 is 0. The molecule has 1 aliphatic rings. The lowest BCUT2D eigenvalue weighted by Crippen LogP contribution is -2.47. The molecular formula is C26H26N4O6. The second-order valence-corrected chi connectivity index (χ2v) is 8.26. The standard InChI is InChI=1S/C26H26N4O6/c1-16-13-20(29(4)5)9-10-21(16)28-23-17(2)22(27-3)24(31)30(25(23)32)11-12-35-36-15-18-7-6-8-19(14-18)26(33)34/h6-10,13-14H,11-12,15H2,1-2,4-5H3,(H,33,34). The van der Waals surface area contributed by atoms with Gasteiger partial charge in [0, 0.05) is 19.8 Å². The number of nitrogens with zero attached hydrogens (tertiary/aromatic N) is 4. The molecule has 0 fully saturated rings. The van der Waals surface area contributed by atoms with Crippen LogP contribution in [0.25, 0.3) is 4.85 Å². The van der Waals surface area contributed by atoms with Crippen LogP contribution in [-0.2, 0) is 26.0 Å². The number of aromatic carboxylic acids is 1. The Balaban J connectivity index is 1.72. The minimum Gasteiger partial charge on any atom is -0.478 e. The lowest BCUT2D eigenvalue weighted by atomic mass is 10.0. The summed E-state index contributed by atoms with van der Waals surface area (Å²) in [4.78, 5) is 57.9. The lowest BCUT2D eigenvalue weighted by molar-refractivity contribution is -0.304. The van der Waals surface area contributed by atoms with Crippen molar-refractivity contribution in [1.82, 2.24) is 4.90 Å². The van der Waals surface area contributed by atoms with Crippen molar-refractivity contribution >= 4 is 34.9 Å². The topological polar surface area (TPSA) is 113 Å². The predicted molar refractivity (Wildman–Crippen MR) is 133 cm³/mol. The highest BCUT2D eigenvalue weighted by Crippen LogP contribution is 2.27. The van der Waals surface area contributed by atoms with E-state index in [1.54, 1.807) is 18.2 Å². The fourth-order valence-corrected chi connectivity index (χ4v) is 3.50. The van der Waals surface area contributed by atoms with Crippen molar-refractivity contribution in [2.24, 2.45) is 4.99 Å². The lowest BCUT2D eigenvalue weighted by Gasteiger charge is -2.26. The monoisotopic (exact) mass is 490 g/mol. The second-order valence-electron chi connectivity index (χ2n) is 8.26. The van der Waals surface area contributed by atoms with Gasteiger partial charge in [-0.3, -0.25) is 14.5 Å². The number of benzene rings is 2. The first-order valence-corrected chi connectivity index (χ1v) is 11.0. The molecule has 0 unspecified atom stereocenters. The molecule has 2 aromatic carbocycles. The van der Waals surface area contributed by atoms with Crippen molar-refractivity contribution in [2.75, 3.05) is 32.1 Å². The quantitative estimate of drug-likeness (QED) is 0.188. The molecule has 1 aliphatic heterocycles. The van der Waals surface area contributed by atoms with Crippen molar-refractivity contribution in [3.63, 3.8) is 0 Å². The summed E-state index contributed by atoms with van der Waals surface area (Å²) in [5.74, 6) is -2.40. The van der Waals surface area contributed by atoms with Crippen molar-refractivity contribution in [2.45, 2.75) is 20.5 Å². The molecule has 0 aliphatic carbocycles. The Bertz CT molecular complexity index is 1310. The van der Waals surface area contributed by atoms with Crippen molar-refractivity contribution in [1.29, 1.82) is 0 Å². The largest absolute Gasteiger partial charge is 0.478 e. The highest BCUT2D eigenvalue weighted by Gasteiger charge is 2.36. The van der Waals surface area contributed by atoms with Crippen LogP contribution in [0.2, 0.25) is 0 Å². The number of hydrogen-bond acceptors (Lipinski definition) is 7. The molecule has 1 heterocycles. The van der Waals surface area contributed by atoms with Crippen molar-refractivity contribution < 1.29 is 29.3 Å². The number of imide groups is 1. The third-order valence-electron chi connectivity index (χ3n) is 5.53. The van der Waals surface area contributed by atoms with Crippen LogP contribution in [-0.4, -0.2) is 60.7 Å². The first-order chi connectivity index (χ1) is 17.1. The molecule has 0 saturated carbocycles. The van der Waals surface area contributed by atoms with Crippen LogP contribution in [0.3, 0.4) is 0 Å². The Labute approximate surface area is 208 Å². The Morgan fingerprint density at radius 2 is 1.86 bits per heavy atom. The van der Waals surface area contributed by atoms with Gasteiger partial charge in [0.25, 0.3) is 17.5 Å². The summed E-state index contributed by atoms with van der Waals surface area (Å²) in [7, 11) is 3.84. The molecule has 10 heteroatoms. The van der Waals surface area contributed by atoms with Crippen LogP contribution in [0.15, 0.2) is 58.7 Å². The van der Waals surface area contributed by atoms with Gasteiger partial charge >= 0.3 is 5.97 Å². The van der Waals surface area contributed by atoms with Crippen LogP contribution >= 0.6 is 0 Å². The SMILES string of the molecule is [C-]#[N+]C1=C(C)C(=Nc2ccc(N(C)C)cc2C)C(=O)N(CCOOCc2cccc(C(=O)O)c2)C1=O.